The number of piperazine rings is 1. The Morgan fingerprint density at radius 1 is 1.09 bits per heavy atom. The fourth-order valence-corrected chi connectivity index (χ4v) is 4.50. The summed E-state index contributed by atoms with van der Waals surface area (Å²) < 4.78 is 1.77. The number of aromatic nitrogens is 7. The number of aryl methyl sites for hydroxylation is 1. The van der Waals surface area contributed by atoms with Gasteiger partial charge in [0.15, 0.2) is 11.5 Å². The number of fused-ring (bicyclic) bond motifs is 2. The summed E-state index contributed by atoms with van der Waals surface area (Å²) in [5, 5.41) is 11.1. The molecule has 1 saturated heterocycles. The van der Waals surface area contributed by atoms with Crippen molar-refractivity contribution in [1.29, 1.82) is 0 Å². The van der Waals surface area contributed by atoms with Crippen LogP contribution < -0.4 is 15.5 Å². The van der Waals surface area contributed by atoms with Crippen molar-refractivity contribution >= 4 is 34.1 Å². The average molecular weight is 467 g/mol. The zero-order valence-electron chi connectivity index (χ0n) is 19.7. The van der Waals surface area contributed by atoms with Gasteiger partial charge in [0.25, 0.3) is 0 Å². The van der Waals surface area contributed by atoms with E-state index in [1.165, 1.54) is 16.7 Å². The second-order valence-electron chi connectivity index (χ2n) is 8.97. The van der Waals surface area contributed by atoms with Crippen molar-refractivity contribution in [3.8, 4) is 0 Å². The van der Waals surface area contributed by atoms with Gasteiger partial charge in [-0.05, 0) is 61.2 Å². The molecule has 5 heterocycles. The van der Waals surface area contributed by atoms with Gasteiger partial charge in [0, 0.05) is 37.6 Å². The van der Waals surface area contributed by atoms with Crippen LogP contribution in [0.25, 0.3) is 16.7 Å². The molecule has 6 rings (SSSR count). The van der Waals surface area contributed by atoms with Crippen LogP contribution >= 0.6 is 0 Å². The lowest BCUT2D eigenvalue weighted by atomic mass is 10.0. The van der Waals surface area contributed by atoms with E-state index in [0.717, 1.165) is 37.4 Å². The standard InChI is InChI=1S/C25H26N10/c1-16-9-20(4-3-19(16)10-18-5-7-35-22(11-18)29-15-31-35)32-24-23-21(28-14-30-24)12-27-25(33-23)34-8-6-26-17(2)13-34/h3-5,7,9,11-12,14-15,17,26H,6,8,10,13H2,1-2H3,(H,28,30,32)/t17-/m1/s1. The fraction of sp³-hybridized carbons (Fsp3) is 0.280. The molecule has 1 fully saturated rings. The molecule has 1 aliphatic heterocycles. The van der Waals surface area contributed by atoms with Gasteiger partial charge in [-0.1, -0.05) is 6.07 Å². The first-order valence-electron chi connectivity index (χ1n) is 11.7. The Labute approximate surface area is 202 Å². The number of anilines is 3. The van der Waals surface area contributed by atoms with Crippen LogP contribution in [-0.4, -0.2) is 60.2 Å². The molecule has 0 spiro atoms. The first kappa shape index (κ1) is 21.4. The summed E-state index contributed by atoms with van der Waals surface area (Å²) >= 11 is 0. The van der Waals surface area contributed by atoms with Crippen molar-refractivity contribution in [3.05, 3.63) is 72.1 Å². The summed E-state index contributed by atoms with van der Waals surface area (Å²) in [6.45, 7) is 6.95. The first-order valence-corrected chi connectivity index (χ1v) is 11.7. The fourth-order valence-electron chi connectivity index (χ4n) is 4.50. The largest absolute Gasteiger partial charge is 0.338 e. The number of pyridine rings is 1. The second kappa shape index (κ2) is 8.88. The predicted octanol–water partition coefficient (Wildman–Crippen LogP) is 2.90. The van der Waals surface area contributed by atoms with Crippen LogP contribution in [0.2, 0.25) is 0 Å². The lowest BCUT2D eigenvalue weighted by molar-refractivity contribution is 0.480. The zero-order chi connectivity index (χ0) is 23.8. The normalized spacial score (nSPS) is 16.2. The number of nitrogens with zero attached hydrogens (tertiary/aromatic N) is 8. The maximum atomic E-state index is 4.83. The number of benzene rings is 1. The highest BCUT2D eigenvalue weighted by Crippen LogP contribution is 2.25. The van der Waals surface area contributed by atoms with Gasteiger partial charge < -0.3 is 15.5 Å². The molecule has 0 radical (unpaired) electrons. The van der Waals surface area contributed by atoms with Gasteiger partial charge in [-0.25, -0.2) is 29.4 Å². The third-order valence-corrected chi connectivity index (χ3v) is 6.36. The van der Waals surface area contributed by atoms with Crippen LogP contribution in [0.4, 0.5) is 17.5 Å². The van der Waals surface area contributed by atoms with Crippen LogP contribution in [0.15, 0.2) is 55.4 Å². The number of rotatable bonds is 5. The van der Waals surface area contributed by atoms with E-state index in [4.69, 9.17) is 4.98 Å². The Morgan fingerprint density at radius 2 is 2.03 bits per heavy atom. The molecule has 0 amide bonds. The van der Waals surface area contributed by atoms with Gasteiger partial charge in [0.1, 0.15) is 23.7 Å². The molecule has 2 N–H and O–H groups in total. The molecule has 10 nitrogen and oxygen atoms in total. The summed E-state index contributed by atoms with van der Waals surface area (Å²) in [6, 6.07) is 10.9. The molecule has 1 aliphatic rings. The van der Waals surface area contributed by atoms with E-state index in [9.17, 15) is 0 Å². The van der Waals surface area contributed by atoms with Crippen molar-refractivity contribution < 1.29 is 0 Å². The lowest BCUT2D eigenvalue weighted by Gasteiger charge is -2.31. The van der Waals surface area contributed by atoms with Crippen molar-refractivity contribution in [2.75, 3.05) is 29.9 Å². The van der Waals surface area contributed by atoms with Gasteiger partial charge in [-0.2, -0.15) is 5.10 Å². The summed E-state index contributed by atoms with van der Waals surface area (Å²) in [4.78, 5) is 24.7. The van der Waals surface area contributed by atoms with Crippen molar-refractivity contribution in [3.63, 3.8) is 0 Å². The van der Waals surface area contributed by atoms with Crippen LogP contribution in [-0.2, 0) is 6.42 Å². The zero-order valence-corrected chi connectivity index (χ0v) is 19.7. The van der Waals surface area contributed by atoms with Gasteiger partial charge in [-0.3, -0.25) is 0 Å². The summed E-state index contributed by atoms with van der Waals surface area (Å²) in [5.41, 5.74) is 6.88. The monoisotopic (exact) mass is 466 g/mol. The van der Waals surface area contributed by atoms with E-state index in [-0.39, 0.29) is 0 Å². The summed E-state index contributed by atoms with van der Waals surface area (Å²) in [7, 11) is 0. The van der Waals surface area contributed by atoms with Gasteiger partial charge in [0.2, 0.25) is 5.95 Å². The molecular formula is C25H26N10. The van der Waals surface area contributed by atoms with E-state index >= 15 is 0 Å². The Kier molecular flexibility index (Phi) is 5.42. The minimum absolute atomic E-state index is 0.396. The van der Waals surface area contributed by atoms with Gasteiger partial charge in [0.05, 0.1) is 6.20 Å². The molecule has 0 unspecified atom stereocenters. The van der Waals surface area contributed by atoms with Gasteiger partial charge >= 0.3 is 0 Å². The Balaban J connectivity index is 1.25. The molecule has 4 aromatic heterocycles. The highest BCUT2D eigenvalue weighted by atomic mass is 15.3. The third-order valence-electron chi connectivity index (χ3n) is 6.36. The SMILES string of the molecule is Cc1cc(Nc2ncnc3cnc(N4CCN[C@H](C)C4)nc23)ccc1Cc1ccn2ncnc2c1. The third kappa shape index (κ3) is 4.35. The molecular weight excluding hydrogens is 440 g/mol. The first-order chi connectivity index (χ1) is 17.1. The molecule has 5 aromatic rings. The minimum atomic E-state index is 0.396. The molecule has 0 bridgehead atoms. The predicted molar refractivity (Wildman–Crippen MR) is 135 cm³/mol. The quantitative estimate of drug-likeness (QED) is 0.404. The maximum absolute atomic E-state index is 4.83. The number of hydrogen-bond donors (Lipinski definition) is 2. The second-order valence-corrected chi connectivity index (χ2v) is 8.97. The van der Waals surface area contributed by atoms with E-state index in [2.05, 4.69) is 84.7 Å². The average Bonchev–Trinajstić information content (AvgIpc) is 3.34. The lowest BCUT2D eigenvalue weighted by Crippen LogP contribution is -2.49. The Bertz CT molecular complexity index is 1510. The van der Waals surface area contributed by atoms with E-state index in [1.807, 2.05) is 6.20 Å². The summed E-state index contributed by atoms with van der Waals surface area (Å²) in [6.07, 6.45) is 7.66. The molecule has 1 atom stereocenters. The van der Waals surface area contributed by atoms with Crippen molar-refractivity contribution in [1.82, 2.24) is 39.9 Å². The Hall–Kier alpha value is -4.18. The molecule has 10 heteroatoms. The van der Waals surface area contributed by atoms with Crippen molar-refractivity contribution in [2.24, 2.45) is 0 Å². The maximum Gasteiger partial charge on any atom is 0.226 e. The molecule has 35 heavy (non-hydrogen) atoms. The topological polar surface area (TPSA) is 109 Å². The molecule has 0 saturated carbocycles. The molecule has 0 aliphatic carbocycles. The van der Waals surface area contributed by atoms with E-state index in [1.54, 1.807) is 23.4 Å². The molecule has 176 valence electrons. The van der Waals surface area contributed by atoms with Gasteiger partial charge in [-0.15, -0.1) is 0 Å². The number of hydrogen-bond acceptors (Lipinski definition) is 9. The number of nitrogens with one attached hydrogen (secondary N) is 2. The highest BCUT2D eigenvalue weighted by molar-refractivity contribution is 5.87. The minimum Gasteiger partial charge on any atom is -0.338 e. The van der Waals surface area contributed by atoms with E-state index < -0.39 is 0 Å². The molecule has 1 aromatic carbocycles. The van der Waals surface area contributed by atoms with Crippen LogP contribution in [0.5, 0.6) is 0 Å². The summed E-state index contributed by atoms with van der Waals surface area (Å²) in [5.74, 6) is 1.38. The van der Waals surface area contributed by atoms with E-state index in [0.29, 0.717) is 28.8 Å². The highest BCUT2D eigenvalue weighted by Gasteiger charge is 2.19. The smallest absolute Gasteiger partial charge is 0.226 e. The van der Waals surface area contributed by atoms with Crippen LogP contribution in [0.1, 0.15) is 23.6 Å². The Morgan fingerprint density at radius 3 is 2.91 bits per heavy atom. The van der Waals surface area contributed by atoms with Crippen LogP contribution in [0, 0.1) is 6.92 Å². The van der Waals surface area contributed by atoms with Crippen molar-refractivity contribution in [2.45, 2.75) is 26.3 Å². The van der Waals surface area contributed by atoms with Crippen LogP contribution in [0.3, 0.4) is 0 Å².